The van der Waals surface area contributed by atoms with Crippen LogP contribution in [0, 0.1) is 18.3 Å². The Morgan fingerprint density at radius 3 is 2.67 bits per heavy atom. The van der Waals surface area contributed by atoms with Crippen molar-refractivity contribution in [1.29, 1.82) is 0 Å². The van der Waals surface area contributed by atoms with E-state index in [0.717, 1.165) is 24.7 Å². The van der Waals surface area contributed by atoms with Gasteiger partial charge in [-0.15, -0.1) is 0 Å². The van der Waals surface area contributed by atoms with Crippen LogP contribution in [0.4, 0.5) is 5.95 Å². The molecule has 0 saturated heterocycles. The van der Waals surface area contributed by atoms with Gasteiger partial charge in [-0.25, -0.2) is 4.98 Å². The van der Waals surface area contributed by atoms with Crippen molar-refractivity contribution in [1.82, 2.24) is 9.55 Å². The van der Waals surface area contributed by atoms with Crippen molar-refractivity contribution in [3.63, 3.8) is 0 Å². The highest BCUT2D eigenvalue weighted by molar-refractivity contribution is 5.28. The lowest BCUT2D eigenvalue weighted by Gasteiger charge is -2.27. The minimum absolute atomic E-state index is 0.312. The van der Waals surface area contributed by atoms with E-state index < -0.39 is 0 Å². The quantitative estimate of drug-likeness (QED) is 0.847. The Morgan fingerprint density at radius 1 is 1.44 bits per heavy atom. The molecule has 4 heteroatoms. The van der Waals surface area contributed by atoms with Gasteiger partial charge in [-0.3, -0.25) is 0 Å². The summed E-state index contributed by atoms with van der Waals surface area (Å²) in [5.41, 5.74) is 1.35. The molecule has 0 aliphatic rings. The summed E-state index contributed by atoms with van der Waals surface area (Å²) in [5, 5.41) is 3.45. The van der Waals surface area contributed by atoms with Crippen molar-refractivity contribution in [3.05, 3.63) is 11.9 Å². The predicted molar refractivity (Wildman–Crippen MR) is 75.9 cm³/mol. The summed E-state index contributed by atoms with van der Waals surface area (Å²) in [4.78, 5) is 4.51. The second-order valence-electron chi connectivity index (χ2n) is 6.04. The molecule has 1 atom stereocenters. The number of rotatable bonds is 6. The summed E-state index contributed by atoms with van der Waals surface area (Å²) in [6.07, 6.45) is 2.06. The maximum absolute atomic E-state index is 5.11. The molecular formula is C14H27N3O. The standard InChI is InChI=1S/C14H27N3O/c1-11(14(3,4)5)9-15-13-16-12(2)10-17(13)7-8-18-6/h10-11H,7-9H2,1-6H3,(H,15,16). The van der Waals surface area contributed by atoms with E-state index in [4.69, 9.17) is 4.74 Å². The number of hydrogen-bond acceptors (Lipinski definition) is 3. The summed E-state index contributed by atoms with van der Waals surface area (Å²) in [6.45, 7) is 13.6. The fourth-order valence-corrected chi connectivity index (χ4v) is 1.60. The van der Waals surface area contributed by atoms with E-state index in [0.29, 0.717) is 17.9 Å². The van der Waals surface area contributed by atoms with Crippen LogP contribution in [0.15, 0.2) is 6.20 Å². The number of nitrogens with one attached hydrogen (secondary N) is 1. The number of ether oxygens (including phenoxy) is 1. The monoisotopic (exact) mass is 253 g/mol. The molecule has 1 aromatic heterocycles. The van der Waals surface area contributed by atoms with Gasteiger partial charge in [-0.05, 0) is 18.3 Å². The van der Waals surface area contributed by atoms with E-state index in [-0.39, 0.29) is 0 Å². The van der Waals surface area contributed by atoms with Crippen molar-refractivity contribution in [3.8, 4) is 0 Å². The van der Waals surface area contributed by atoms with Crippen LogP contribution >= 0.6 is 0 Å². The molecule has 0 aliphatic carbocycles. The van der Waals surface area contributed by atoms with Gasteiger partial charge in [0.2, 0.25) is 5.95 Å². The van der Waals surface area contributed by atoms with Crippen LogP contribution in [0.1, 0.15) is 33.4 Å². The molecule has 0 radical (unpaired) electrons. The largest absolute Gasteiger partial charge is 0.383 e. The lowest BCUT2D eigenvalue weighted by molar-refractivity contribution is 0.187. The first-order chi connectivity index (χ1) is 8.34. The van der Waals surface area contributed by atoms with Gasteiger partial charge in [0, 0.05) is 26.4 Å². The van der Waals surface area contributed by atoms with Crippen LogP contribution in [-0.4, -0.2) is 29.8 Å². The third-order valence-electron chi connectivity index (χ3n) is 3.48. The first kappa shape index (κ1) is 15.0. The van der Waals surface area contributed by atoms with Gasteiger partial charge in [0.25, 0.3) is 0 Å². The van der Waals surface area contributed by atoms with Gasteiger partial charge in [0.1, 0.15) is 0 Å². The Labute approximate surface area is 111 Å². The maximum Gasteiger partial charge on any atom is 0.203 e. The smallest absolute Gasteiger partial charge is 0.203 e. The van der Waals surface area contributed by atoms with Crippen molar-refractivity contribution in [2.75, 3.05) is 25.6 Å². The lowest BCUT2D eigenvalue weighted by atomic mass is 9.82. The SMILES string of the molecule is COCCn1cc(C)nc1NCC(C)C(C)(C)C. The molecule has 1 aromatic rings. The molecule has 0 bridgehead atoms. The zero-order valence-electron chi connectivity index (χ0n) is 12.6. The van der Waals surface area contributed by atoms with Crippen LogP contribution < -0.4 is 5.32 Å². The third kappa shape index (κ3) is 4.33. The Morgan fingerprint density at radius 2 is 2.11 bits per heavy atom. The third-order valence-corrected chi connectivity index (χ3v) is 3.48. The summed E-state index contributed by atoms with van der Waals surface area (Å²) < 4.78 is 7.23. The van der Waals surface area contributed by atoms with Gasteiger partial charge in [-0.1, -0.05) is 27.7 Å². The summed E-state index contributed by atoms with van der Waals surface area (Å²) in [6, 6.07) is 0. The Balaban J connectivity index is 2.61. The second kappa shape index (κ2) is 6.23. The zero-order valence-corrected chi connectivity index (χ0v) is 12.6. The van der Waals surface area contributed by atoms with Gasteiger partial charge >= 0.3 is 0 Å². The molecule has 0 fully saturated rings. The number of anilines is 1. The topological polar surface area (TPSA) is 39.1 Å². The first-order valence-corrected chi connectivity index (χ1v) is 6.61. The van der Waals surface area contributed by atoms with Crippen LogP contribution in [-0.2, 0) is 11.3 Å². The minimum atomic E-state index is 0.312. The number of aryl methyl sites for hydroxylation is 1. The first-order valence-electron chi connectivity index (χ1n) is 6.61. The van der Waals surface area contributed by atoms with Gasteiger partial charge < -0.3 is 14.6 Å². The Bertz CT molecular complexity index is 366. The molecule has 1 unspecified atom stereocenters. The number of nitrogens with zero attached hydrogens (tertiary/aromatic N) is 2. The minimum Gasteiger partial charge on any atom is -0.383 e. The normalized spacial score (nSPS) is 13.7. The molecule has 0 amide bonds. The van der Waals surface area contributed by atoms with Crippen molar-refractivity contribution in [2.24, 2.45) is 11.3 Å². The molecule has 1 rings (SSSR count). The number of hydrogen-bond donors (Lipinski definition) is 1. The van der Waals surface area contributed by atoms with E-state index in [1.54, 1.807) is 7.11 Å². The summed E-state index contributed by atoms with van der Waals surface area (Å²) in [5.74, 6) is 1.53. The highest BCUT2D eigenvalue weighted by Gasteiger charge is 2.20. The molecule has 1 N–H and O–H groups in total. The molecule has 4 nitrogen and oxygen atoms in total. The van der Waals surface area contributed by atoms with E-state index in [2.05, 4.69) is 48.8 Å². The van der Waals surface area contributed by atoms with E-state index in [1.807, 2.05) is 6.92 Å². The highest BCUT2D eigenvalue weighted by atomic mass is 16.5. The molecule has 0 spiro atoms. The van der Waals surface area contributed by atoms with Crippen LogP contribution in [0.5, 0.6) is 0 Å². The highest BCUT2D eigenvalue weighted by Crippen LogP contribution is 2.25. The molecule has 104 valence electrons. The van der Waals surface area contributed by atoms with E-state index in [1.165, 1.54) is 0 Å². The Kier molecular flexibility index (Phi) is 5.20. The van der Waals surface area contributed by atoms with Crippen molar-refractivity contribution in [2.45, 2.75) is 41.2 Å². The van der Waals surface area contributed by atoms with E-state index >= 15 is 0 Å². The van der Waals surface area contributed by atoms with E-state index in [9.17, 15) is 0 Å². The fraction of sp³-hybridized carbons (Fsp3) is 0.786. The average molecular weight is 253 g/mol. The van der Waals surface area contributed by atoms with Crippen LogP contribution in [0.25, 0.3) is 0 Å². The zero-order chi connectivity index (χ0) is 13.8. The Hall–Kier alpha value is -1.03. The fourth-order valence-electron chi connectivity index (χ4n) is 1.60. The molecule has 0 aromatic carbocycles. The summed E-state index contributed by atoms with van der Waals surface area (Å²) >= 11 is 0. The summed E-state index contributed by atoms with van der Waals surface area (Å²) in [7, 11) is 1.72. The van der Waals surface area contributed by atoms with Crippen molar-refractivity contribution < 1.29 is 4.74 Å². The molecule has 1 heterocycles. The predicted octanol–water partition coefficient (Wildman–Crippen LogP) is 2.93. The van der Waals surface area contributed by atoms with Crippen LogP contribution in [0.3, 0.4) is 0 Å². The van der Waals surface area contributed by atoms with Gasteiger partial charge in [0.05, 0.1) is 12.3 Å². The number of aromatic nitrogens is 2. The average Bonchev–Trinajstić information content (AvgIpc) is 2.62. The van der Waals surface area contributed by atoms with Crippen LogP contribution in [0.2, 0.25) is 0 Å². The number of methoxy groups -OCH3 is 1. The molecule has 0 saturated carbocycles. The van der Waals surface area contributed by atoms with Gasteiger partial charge in [-0.2, -0.15) is 0 Å². The molecule has 0 aliphatic heterocycles. The van der Waals surface area contributed by atoms with Crippen molar-refractivity contribution >= 4 is 5.95 Å². The maximum atomic E-state index is 5.11. The molecular weight excluding hydrogens is 226 g/mol. The number of imidazole rings is 1. The second-order valence-corrected chi connectivity index (χ2v) is 6.04. The lowest BCUT2D eigenvalue weighted by Crippen LogP contribution is -2.26. The van der Waals surface area contributed by atoms with Gasteiger partial charge in [0.15, 0.2) is 0 Å². The molecule has 18 heavy (non-hydrogen) atoms.